The third-order valence-corrected chi connectivity index (χ3v) is 6.63. The van der Waals surface area contributed by atoms with E-state index in [0.717, 1.165) is 54.9 Å². The lowest BCUT2D eigenvalue weighted by Crippen LogP contribution is -2.38. The molecule has 5 rings (SSSR count). The predicted molar refractivity (Wildman–Crippen MR) is 132 cm³/mol. The quantitative estimate of drug-likeness (QED) is 0.501. The van der Waals surface area contributed by atoms with E-state index in [-0.39, 0.29) is 19.2 Å². The molecule has 3 aromatic carbocycles. The number of likely N-dealkylation sites (tertiary alicyclic amines) is 1. The minimum Gasteiger partial charge on any atom is -0.494 e. The van der Waals surface area contributed by atoms with Crippen LogP contribution in [-0.4, -0.2) is 55.0 Å². The highest BCUT2D eigenvalue weighted by molar-refractivity contribution is 6.09. The summed E-state index contributed by atoms with van der Waals surface area (Å²) >= 11 is 0. The van der Waals surface area contributed by atoms with Crippen LogP contribution in [0.1, 0.15) is 29.6 Å². The monoisotopic (exact) mass is 458 g/mol. The van der Waals surface area contributed by atoms with Gasteiger partial charge in [0.25, 0.3) is 5.91 Å². The second kappa shape index (κ2) is 10.3. The van der Waals surface area contributed by atoms with Gasteiger partial charge < -0.3 is 14.6 Å². The van der Waals surface area contributed by atoms with Crippen molar-refractivity contribution in [2.75, 3.05) is 37.9 Å². The molecule has 6 nitrogen and oxygen atoms in total. The maximum absolute atomic E-state index is 13.1. The maximum Gasteiger partial charge on any atom is 0.264 e. The van der Waals surface area contributed by atoms with Crippen LogP contribution >= 0.6 is 0 Å². The first-order valence-corrected chi connectivity index (χ1v) is 11.9. The van der Waals surface area contributed by atoms with Crippen LogP contribution in [0.5, 0.6) is 11.5 Å². The number of carbonyl (C=O) groups is 1. The number of carbonyl (C=O) groups excluding carboxylic acids is 1. The summed E-state index contributed by atoms with van der Waals surface area (Å²) in [6, 6.07) is 23.7. The van der Waals surface area contributed by atoms with Crippen molar-refractivity contribution in [3.8, 4) is 22.6 Å². The second-order valence-electron chi connectivity index (χ2n) is 8.79. The predicted octanol–water partition coefficient (Wildman–Crippen LogP) is 4.58. The van der Waals surface area contributed by atoms with E-state index in [1.165, 1.54) is 0 Å². The molecule has 1 N–H and O–H groups in total. The molecule has 1 saturated heterocycles. The molecule has 6 heteroatoms. The summed E-state index contributed by atoms with van der Waals surface area (Å²) in [7, 11) is 0. The molecule has 1 atom stereocenters. The lowest BCUT2D eigenvalue weighted by Gasteiger charge is -2.29. The summed E-state index contributed by atoms with van der Waals surface area (Å²) < 4.78 is 11.8. The number of aliphatic hydroxyl groups is 1. The van der Waals surface area contributed by atoms with Crippen molar-refractivity contribution in [2.24, 2.45) is 0 Å². The molecule has 1 amide bonds. The Morgan fingerprint density at radius 2 is 1.82 bits per heavy atom. The van der Waals surface area contributed by atoms with E-state index in [9.17, 15) is 9.90 Å². The molecule has 1 fully saturated rings. The van der Waals surface area contributed by atoms with Crippen LogP contribution in [0.15, 0.2) is 72.8 Å². The lowest BCUT2D eigenvalue weighted by molar-refractivity contribution is 0.0937. The van der Waals surface area contributed by atoms with E-state index in [2.05, 4.69) is 4.90 Å². The number of nitrogens with zero attached hydrogens (tertiary/aromatic N) is 2. The molecule has 3 aromatic rings. The van der Waals surface area contributed by atoms with Gasteiger partial charge in [-0.05, 0) is 73.3 Å². The Morgan fingerprint density at radius 1 is 1.00 bits per heavy atom. The van der Waals surface area contributed by atoms with Crippen molar-refractivity contribution < 1.29 is 19.4 Å². The lowest BCUT2D eigenvalue weighted by atomic mass is 10.0. The number of benzene rings is 3. The van der Waals surface area contributed by atoms with Crippen molar-refractivity contribution in [1.29, 1.82) is 0 Å². The molecule has 0 saturated carbocycles. The summed E-state index contributed by atoms with van der Waals surface area (Å²) in [6.45, 7) is 3.03. The fourth-order valence-electron chi connectivity index (χ4n) is 4.73. The molecule has 1 unspecified atom stereocenters. The van der Waals surface area contributed by atoms with Gasteiger partial charge in [0.15, 0.2) is 6.73 Å². The summed E-state index contributed by atoms with van der Waals surface area (Å²) in [5.41, 5.74) is 3.46. The Hall–Kier alpha value is -3.35. The molecular formula is C28H30N2O4. The van der Waals surface area contributed by atoms with Gasteiger partial charge in [-0.1, -0.05) is 36.4 Å². The smallest absolute Gasteiger partial charge is 0.264 e. The number of ether oxygens (including phenoxy) is 2. The first-order chi connectivity index (χ1) is 16.7. The van der Waals surface area contributed by atoms with E-state index >= 15 is 0 Å². The van der Waals surface area contributed by atoms with Gasteiger partial charge in [-0.25, -0.2) is 0 Å². The third-order valence-electron chi connectivity index (χ3n) is 6.63. The van der Waals surface area contributed by atoms with Crippen LogP contribution in [-0.2, 0) is 0 Å². The molecule has 0 aromatic heterocycles. The minimum absolute atomic E-state index is 0.0708. The van der Waals surface area contributed by atoms with E-state index < -0.39 is 0 Å². The number of anilines is 1. The average Bonchev–Trinajstić information content (AvgIpc) is 3.35. The molecule has 2 aliphatic rings. The maximum atomic E-state index is 13.1. The highest BCUT2D eigenvalue weighted by Crippen LogP contribution is 2.33. The van der Waals surface area contributed by atoms with E-state index in [1.807, 2.05) is 72.8 Å². The number of hydrogen-bond donors (Lipinski definition) is 1. The topological polar surface area (TPSA) is 62.2 Å². The summed E-state index contributed by atoms with van der Waals surface area (Å²) in [5, 5.41) is 9.43. The summed E-state index contributed by atoms with van der Waals surface area (Å²) in [6.07, 6.45) is 3.15. The fraction of sp³-hybridized carbons (Fsp3) is 0.321. The van der Waals surface area contributed by atoms with Crippen LogP contribution in [0, 0.1) is 0 Å². The van der Waals surface area contributed by atoms with E-state index in [4.69, 9.17) is 9.47 Å². The molecule has 0 radical (unpaired) electrons. The van der Waals surface area contributed by atoms with E-state index in [0.29, 0.717) is 24.0 Å². The Balaban J connectivity index is 1.18. The van der Waals surface area contributed by atoms with Crippen LogP contribution in [0.3, 0.4) is 0 Å². The standard InChI is InChI=1S/C28H30N2O4/c31-19-24-8-4-15-29(24)16-5-17-33-25-12-10-23(11-13-25)30-20-34-27-18-22(9-14-26(27)28(30)32)21-6-2-1-3-7-21/h1-3,6-7,9-14,18,24,31H,4-5,8,15-17,19-20H2. The van der Waals surface area contributed by atoms with Gasteiger partial charge in [0.1, 0.15) is 11.5 Å². The minimum atomic E-state index is -0.0708. The highest BCUT2D eigenvalue weighted by atomic mass is 16.5. The number of rotatable bonds is 8. The Kier molecular flexibility index (Phi) is 6.79. The van der Waals surface area contributed by atoms with Crippen LogP contribution < -0.4 is 14.4 Å². The molecule has 0 spiro atoms. The van der Waals surface area contributed by atoms with Crippen LogP contribution in [0.25, 0.3) is 11.1 Å². The zero-order valence-corrected chi connectivity index (χ0v) is 19.2. The SMILES string of the molecule is O=C1c2ccc(-c3ccccc3)cc2OCN1c1ccc(OCCCN2CCCC2CO)cc1. The zero-order valence-electron chi connectivity index (χ0n) is 19.2. The van der Waals surface area contributed by atoms with Gasteiger partial charge in [0.05, 0.1) is 18.8 Å². The molecule has 34 heavy (non-hydrogen) atoms. The number of fused-ring (bicyclic) bond motifs is 1. The van der Waals surface area contributed by atoms with Gasteiger partial charge >= 0.3 is 0 Å². The Bertz CT molecular complexity index is 1120. The Labute approximate surface area is 200 Å². The molecule has 2 aliphatic heterocycles. The average molecular weight is 459 g/mol. The highest BCUT2D eigenvalue weighted by Gasteiger charge is 2.27. The summed E-state index contributed by atoms with van der Waals surface area (Å²) in [4.78, 5) is 17.1. The van der Waals surface area contributed by atoms with E-state index in [1.54, 1.807) is 4.90 Å². The normalized spacial score (nSPS) is 18.0. The van der Waals surface area contributed by atoms with Gasteiger partial charge in [0, 0.05) is 18.3 Å². The largest absolute Gasteiger partial charge is 0.494 e. The fourth-order valence-corrected chi connectivity index (χ4v) is 4.73. The third kappa shape index (κ3) is 4.79. The summed E-state index contributed by atoms with van der Waals surface area (Å²) in [5.74, 6) is 1.32. The molecule has 2 heterocycles. The molecule has 0 bridgehead atoms. The molecular weight excluding hydrogens is 428 g/mol. The van der Waals surface area contributed by atoms with Crippen molar-refractivity contribution in [1.82, 2.24) is 4.90 Å². The van der Waals surface area contributed by atoms with Gasteiger partial charge in [-0.3, -0.25) is 14.6 Å². The zero-order chi connectivity index (χ0) is 23.3. The first kappa shape index (κ1) is 22.4. The number of aliphatic hydroxyl groups excluding tert-OH is 1. The van der Waals surface area contributed by atoms with Crippen molar-refractivity contribution in [2.45, 2.75) is 25.3 Å². The van der Waals surface area contributed by atoms with Crippen molar-refractivity contribution in [3.63, 3.8) is 0 Å². The van der Waals surface area contributed by atoms with Gasteiger partial charge in [-0.15, -0.1) is 0 Å². The van der Waals surface area contributed by atoms with Gasteiger partial charge in [-0.2, -0.15) is 0 Å². The molecule has 0 aliphatic carbocycles. The molecule has 176 valence electrons. The van der Waals surface area contributed by atoms with Crippen LogP contribution in [0.2, 0.25) is 0 Å². The van der Waals surface area contributed by atoms with Crippen molar-refractivity contribution >= 4 is 11.6 Å². The van der Waals surface area contributed by atoms with Gasteiger partial charge in [0.2, 0.25) is 0 Å². The Morgan fingerprint density at radius 3 is 2.62 bits per heavy atom. The van der Waals surface area contributed by atoms with Crippen LogP contribution in [0.4, 0.5) is 5.69 Å². The second-order valence-corrected chi connectivity index (χ2v) is 8.79. The number of amides is 1. The van der Waals surface area contributed by atoms with Crippen molar-refractivity contribution in [3.05, 3.63) is 78.4 Å². The number of hydrogen-bond acceptors (Lipinski definition) is 5. The first-order valence-electron chi connectivity index (χ1n) is 11.9.